The Kier molecular flexibility index (Phi) is 5.72. The summed E-state index contributed by atoms with van der Waals surface area (Å²) in [6.45, 7) is 2.93. The van der Waals surface area contributed by atoms with Crippen molar-refractivity contribution in [3.05, 3.63) is 66.4 Å². The molecule has 0 bridgehead atoms. The van der Waals surface area contributed by atoms with Crippen molar-refractivity contribution in [2.24, 2.45) is 5.92 Å². The van der Waals surface area contributed by atoms with Crippen LogP contribution in [0.2, 0.25) is 0 Å². The summed E-state index contributed by atoms with van der Waals surface area (Å²) in [5.41, 5.74) is 2.69. The molecule has 1 saturated heterocycles. The predicted molar refractivity (Wildman–Crippen MR) is 104 cm³/mol. The Bertz CT molecular complexity index is 889. The largest absolute Gasteiger partial charge is 0.359 e. The minimum absolute atomic E-state index is 0.0575. The topological polar surface area (TPSA) is 84.2 Å². The minimum atomic E-state index is 0.0575. The highest BCUT2D eigenvalue weighted by molar-refractivity contribution is 5.78. The van der Waals surface area contributed by atoms with Gasteiger partial charge in [0.15, 0.2) is 5.76 Å². The Hall–Kier alpha value is -3.06. The molecular formula is C21H23N5O2. The summed E-state index contributed by atoms with van der Waals surface area (Å²) >= 11 is 0. The number of carbonyl (C=O) groups is 1. The van der Waals surface area contributed by atoms with Crippen molar-refractivity contribution in [2.75, 3.05) is 13.1 Å². The number of likely N-dealkylation sites (tertiary alicyclic amines) is 1. The maximum atomic E-state index is 12.4. The van der Waals surface area contributed by atoms with Gasteiger partial charge in [0, 0.05) is 36.1 Å². The summed E-state index contributed by atoms with van der Waals surface area (Å²) in [6.07, 6.45) is 6.92. The molecule has 0 saturated carbocycles. The molecule has 4 heterocycles. The molecule has 0 atom stereocenters. The van der Waals surface area contributed by atoms with E-state index in [4.69, 9.17) is 4.52 Å². The van der Waals surface area contributed by atoms with Crippen molar-refractivity contribution in [3.63, 3.8) is 0 Å². The van der Waals surface area contributed by atoms with Crippen molar-refractivity contribution < 1.29 is 9.32 Å². The van der Waals surface area contributed by atoms with E-state index in [0.717, 1.165) is 48.6 Å². The van der Waals surface area contributed by atoms with Crippen LogP contribution in [0.4, 0.5) is 0 Å². The van der Waals surface area contributed by atoms with Crippen LogP contribution in [0.15, 0.2) is 59.5 Å². The van der Waals surface area contributed by atoms with Gasteiger partial charge in [0.05, 0.1) is 18.8 Å². The van der Waals surface area contributed by atoms with Crippen molar-refractivity contribution >= 4 is 5.91 Å². The number of hydrogen-bond donors (Lipinski definition) is 1. The average Bonchev–Trinajstić information content (AvgIpc) is 3.22. The number of nitrogens with one attached hydrogen (secondary N) is 1. The summed E-state index contributed by atoms with van der Waals surface area (Å²) < 4.78 is 5.49. The molecule has 7 heteroatoms. The number of carbonyl (C=O) groups excluding carboxylic acids is 1. The Labute approximate surface area is 163 Å². The Morgan fingerprint density at radius 2 is 1.96 bits per heavy atom. The number of pyridine rings is 2. The van der Waals surface area contributed by atoms with E-state index in [1.165, 1.54) is 0 Å². The number of amides is 1. The number of piperidine rings is 1. The van der Waals surface area contributed by atoms with Crippen LogP contribution in [-0.2, 0) is 17.9 Å². The summed E-state index contributed by atoms with van der Waals surface area (Å²) in [7, 11) is 0. The van der Waals surface area contributed by atoms with Crippen LogP contribution in [0, 0.1) is 5.92 Å². The molecular weight excluding hydrogens is 354 g/mol. The lowest BCUT2D eigenvalue weighted by molar-refractivity contribution is -0.126. The van der Waals surface area contributed by atoms with Gasteiger partial charge in [-0.1, -0.05) is 11.2 Å². The molecule has 0 radical (unpaired) electrons. The predicted octanol–water partition coefficient (Wildman–Crippen LogP) is 2.66. The molecule has 4 rings (SSSR count). The quantitative estimate of drug-likeness (QED) is 0.711. The van der Waals surface area contributed by atoms with Gasteiger partial charge in [0.2, 0.25) is 5.91 Å². The minimum Gasteiger partial charge on any atom is -0.359 e. The van der Waals surface area contributed by atoms with E-state index in [9.17, 15) is 4.79 Å². The highest BCUT2D eigenvalue weighted by Gasteiger charge is 2.25. The third-order valence-electron chi connectivity index (χ3n) is 5.04. The molecule has 1 fully saturated rings. The summed E-state index contributed by atoms with van der Waals surface area (Å²) in [4.78, 5) is 23.0. The van der Waals surface area contributed by atoms with E-state index in [1.54, 1.807) is 18.6 Å². The van der Waals surface area contributed by atoms with Crippen molar-refractivity contribution in [1.82, 2.24) is 25.3 Å². The molecule has 0 aromatic carbocycles. The molecule has 0 unspecified atom stereocenters. The lowest BCUT2D eigenvalue weighted by Gasteiger charge is -2.30. The van der Waals surface area contributed by atoms with Crippen molar-refractivity contribution in [3.8, 4) is 11.3 Å². The second kappa shape index (κ2) is 8.75. The molecule has 28 heavy (non-hydrogen) atoms. The van der Waals surface area contributed by atoms with Crippen molar-refractivity contribution in [2.45, 2.75) is 25.9 Å². The van der Waals surface area contributed by atoms with Crippen LogP contribution in [0.1, 0.15) is 24.3 Å². The molecule has 1 N–H and O–H groups in total. The van der Waals surface area contributed by atoms with Gasteiger partial charge in [0.1, 0.15) is 5.69 Å². The third-order valence-corrected chi connectivity index (χ3v) is 5.04. The smallest absolute Gasteiger partial charge is 0.223 e. The van der Waals surface area contributed by atoms with E-state index in [0.29, 0.717) is 13.1 Å². The zero-order chi connectivity index (χ0) is 19.2. The molecule has 1 aliphatic rings. The zero-order valence-corrected chi connectivity index (χ0v) is 15.6. The van der Waals surface area contributed by atoms with Gasteiger partial charge >= 0.3 is 0 Å². The van der Waals surface area contributed by atoms with Gasteiger partial charge in [-0.2, -0.15) is 0 Å². The van der Waals surface area contributed by atoms with Crippen LogP contribution >= 0.6 is 0 Å². The first-order valence-electron chi connectivity index (χ1n) is 9.54. The summed E-state index contributed by atoms with van der Waals surface area (Å²) in [5.74, 6) is 1.01. The fourth-order valence-electron chi connectivity index (χ4n) is 3.44. The zero-order valence-electron chi connectivity index (χ0n) is 15.6. The first kappa shape index (κ1) is 18.3. The Balaban J connectivity index is 1.24. The van der Waals surface area contributed by atoms with E-state index >= 15 is 0 Å². The molecule has 7 nitrogen and oxygen atoms in total. The van der Waals surface area contributed by atoms with E-state index < -0.39 is 0 Å². The van der Waals surface area contributed by atoms with E-state index in [2.05, 4.69) is 25.3 Å². The third kappa shape index (κ3) is 4.61. The molecule has 3 aromatic heterocycles. The molecule has 0 aliphatic carbocycles. The Morgan fingerprint density at radius 1 is 1.14 bits per heavy atom. The summed E-state index contributed by atoms with van der Waals surface area (Å²) in [5, 5.41) is 7.15. The van der Waals surface area contributed by atoms with Crippen LogP contribution < -0.4 is 5.32 Å². The lowest BCUT2D eigenvalue weighted by Crippen LogP contribution is -2.40. The van der Waals surface area contributed by atoms with Crippen LogP contribution in [0.3, 0.4) is 0 Å². The standard InChI is InChI=1S/C21H23N5O2/c27-21(24-14-18-3-1-2-8-23-18)17-6-11-26(12-7-17)15-19-13-20(25-28-19)16-4-9-22-10-5-16/h1-5,8-10,13,17H,6-7,11-12,14-15H2,(H,24,27). The van der Waals surface area contributed by atoms with Gasteiger partial charge in [-0.15, -0.1) is 0 Å². The van der Waals surface area contributed by atoms with E-state index in [-0.39, 0.29) is 11.8 Å². The highest BCUT2D eigenvalue weighted by atomic mass is 16.5. The molecule has 144 valence electrons. The fourth-order valence-corrected chi connectivity index (χ4v) is 3.44. The SMILES string of the molecule is O=C(NCc1ccccn1)C1CCN(Cc2cc(-c3ccncc3)no2)CC1. The van der Waals surface area contributed by atoms with Gasteiger partial charge in [-0.3, -0.25) is 19.7 Å². The number of aromatic nitrogens is 3. The Morgan fingerprint density at radius 3 is 2.71 bits per heavy atom. The monoisotopic (exact) mass is 377 g/mol. The maximum Gasteiger partial charge on any atom is 0.223 e. The number of hydrogen-bond acceptors (Lipinski definition) is 6. The highest BCUT2D eigenvalue weighted by Crippen LogP contribution is 2.22. The lowest BCUT2D eigenvalue weighted by atomic mass is 9.96. The van der Waals surface area contributed by atoms with E-state index in [1.807, 2.05) is 36.4 Å². The molecule has 0 spiro atoms. The normalized spacial score (nSPS) is 15.4. The average molecular weight is 377 g/mol. The first-order chi connectivity index (χ1) is 13.8. The van der Waals surface area contributed by atoms with Crippen molar-refractivity contribution in [1.29, 1.82) is 0 Å². The molecule has 1 amide bonds. The second-order valence-electron chi connectivity index (χ2n) is 7.00. The van der Waals surface area contributed by atoms with Gasteiger partial charge in [-0.25, -0.2) is 0 Å². The number of nitrogens with zero attached hydrogens (tertiary/aromatic N) is 4. The van der Waals surface area contributed by atoms with Crippen LogP contribution in [-0.4, -0.2) is 39.0 Å². The molecule has 1 aliphatic heterocycles. The fraction of sp³-hybridized carbons (Fsp3) is 0.333. The van der Waals surface area contributed by atoms with Gasteiger partial charge < -0.3 is 9.84 Å². The molecule has 3 aromatic rings. The summed E-state index contributed by atoms with van der Waals surface area (Å²) in [6, 6.07) is 11.5. The second-order valence-corrected chi connectivity index (χ2v) is 7.00. The van der Waals surface area contributed by atoms with Crippen LogP contribution in [0.25, 0.3) is 11.3 Å². The maximum absolute atomic E-state index is 12.4. The first-order valence-corrected chi connectivity index (χ1v) is 9.54. The van der Waals surface area contributed by atoms with Gasteiger partial charge in [0.25, 0.3) is 0 Å². The number of rotatable bonds is 6. The van der Waals surface area contributed by atoms with Crippen LogP contribution in [0.5, 0.6) is 0 Å². The van der Waals surface area contributed by atoms with Gasteiger partial charge in [-0.05, 0) is 50.2 Å².